The Hall–Kier alpha value is -3.58. The Morgan fingerprint density at radius 3 is 2.48 bits per heavy atom. The standard InChI is InChI=1S/C24H24N2O5/c1-24(17-10-12-19(30-2)13-11-17)22(28)26(23(29)25-24)14-18(27)15-31-21-9-5-7-16-6-3-4-8-20(16)21/h3-13,18,27H,14-15H2,1-2H3,(H,25,29)/t18-,24-/m0/s1. The zero-order valence-corrected chi connectivity index (χ0v) is 17.4. The van der Waals surface area contributed by atoms with Gasteiger partial charge in [-0.05, 0) is 36.1 Å². The van der Waals surface area contributed by atoms with Crippen molar-refractivity contribution >= 4 is 22.7 Å². The van der Waals surface area contributed by atoms with Crippen molar-refractivity contribution in [2.45, 2.75) is 18.6 Å². The van der Waals surface area contributed by atoms with Gasteiger partial charge in [-0.15, -0.1) is 0 Å². The molecule has 0 radical (unpaired) electrons. The summed E-state index contributed by atoms with van der Waals surface area (Å²) in [7, 11) is 1.56. The van der Waals surface area contributed by atoms with Crippen LogP contribution in [0.3, 0.4) is 0 Å². The summed E-state index contributed by atoms with van der Waals surface area (Å²) in [4.78, 5) is 26.6. The van der Waals surface area contributed by atoms with Gasteiger partial charge in [-0.2, -0.15) is 0 Å². The van der Waals surface area contributed by atoms with Gasteiger partial charge in [0.1, 0.15) is 29.7 Å². The van der Waals surface area contributed by atoms with Gasteiger partial charge in [0.15, 0.2) is 0 Å². The second kappa shape index (κ2) is 8.28. The van der Waals surface area contributed by atoms with Gasteiger partial charge in [0.05, 0.1) is 13.7 Å². The fourth-order valence-electron chi connectivity index (χ4n) is 3.75. The van der Waals surface area contributed by atoms with Crippen LogP contribution in [0, 0.1) is 0 Å². The molecule has 2 N–H and O–H groups in total. The molecule has 3 amide bonds. The monoisotopic (exact) mass is 420 g/mol. The fourth-order valence-corrected chi connectivity index (χ4v) is 3.75. The number of β-amino-alcohol motifs (C(OH)–C–C–N with tert-alkyl or cyclic N) is 1. The van der Waals surface area contributed by atoms with Crippen LogP contribution in [0.5, 0.6) is 11.5 Å². The molecule has 0 aromatic heterocycles. The normalized spacial score (nSPS) is 19.4. The number of nitrogens with zero attached hydrogens (tertiary/aromatic N) is 1. The van der Waals surface area contributed by atoms with Gasteiger partial charge in [-0.1, -0.05) is 48.5 Å². The Morgan fingerprint density at radius 2 is 1.74 bits per heavy atom. The van der Waals surface area contributed by atoms with E-state index in [0.29, 0.717) is 17.1 Å². The molecule has 0 spiro atoms. The van der Waals surface area contributed by atoms with E-state index < -0.39 is 23.6 Å². The number of hydrogen-bond acceptors (Lipinski definition) is 5. The lowest BCUT2D eigenvalue weighted by molar-refractivity contribution is -0.132. The third kappa shape index (κ3) is 3.92. The topological polar surface area (TPSA) is 88.1 Å². The minimum absolute atomic E-state index is 0.0513. The second-order valence-corrected chi connectivity index (χ2v) is 7.64. The van der Waals surface area contributed by atoms with Crippen LogP contribution in [0.4, 0.5) is 4.79 Å². The van der Waals surface area contributed by atoms with Crippen LogP contribution in [0.1, 0.15) is 12.5 Å². The van der Waals surface area contributed by atoms with E-state index in [-0.39, 0.29) is 13.2 Å². The summed E-state index contributed by atoms with van der Waals surface area (Å²) in [6.07, 6.45) is -1.04. The minimum Gasteiger partial charge on any atom is -0.497 e. The van der Waals surface area contributed by atoms with Crippen LogP contribution in [0.25, 0.3) is 10.8 Å². The van der Waals surface area contributed by atoms with E-state index in [1.54, 1.807) is 38.3 Å². The first-order valence-corrected chi connectivity index (χ1v) is 9.99. The number of aliphatic hydroxyl groups excluding tert-OH is 1. The average Bonchev–Trinajstić information content (AvgIpc) is 3.01. The van der Waals surface area contributed by atoms with Crippen LogP contribution in [-0.4, -0.2) is 48.3 Å². The smallest absolute Gasteiger partial charge is 0.325 e. The van der Waals surface area contributed by atoms with E-state index in [0.717, 1.165) is 15.7 Å². The maximum Gasteiger partial charge on any atom is 0.325 e. The molecular formula is C24H24N2O5. The van der Waals surface area contributed by atoms with Gasteiger partial charge in [-0.3, -0.25) is 9.69 Å². The number of aliphatic hydroxyl groups is 1. The number of urea groups is 1. The van der Waals surface area contributed by atoms with Crippen LogP contribution >= 0.6 is 0 Å². The predicted molar refractivity (Wildman–Crippen MR) is 116 cm³/mol. The molecule has 0 bridgehead atoms. The largest absolute Gasteiger partial charge is 0.497 e. The van der Waals surface area contributed by atoms with Crippen molar-refractivity contribution < 1.29 is 24.2 Å². The zero-order valence-electron chi connectivity index (χ0n) is 17.4. The Bertz CT molecular complexity index is 1110. The van der Waals surface area contributed by atoms with E-state index in [4.69, 9.17) is 9.47 Å². The average molecular weight is 420 g/mol. The molecule has 1 aliphatic rings. The van der Waals surface area contributed by atoms with Crippen molar-refractivity contribution in [2.24, 2.45) is 0 Å². The van der Waals surface area contributed by atoms with Gasteiger partial charge in [0.2, 0.25) is 0 Å². The molecule has 4 rings (SSSR count). The lowest BCUT2D eigenvalue weighted by Gasteiger charge is -2.23. The number of fused-ring (bicyclic) bond motifs is 1. The highest BCUT2D eigenvalue weighted by Gasteiger charge is 2.49. The highest BCUT2D eigenvalue weighted by Crippen LogP contribution is 2.30. The molecule has 3 aromatic carbocycles. The van der Waals surface area contributed by atoms with Gasteiger partial charge in [-0.25, -0.2) is 4.79 Å². The lowest BCUT2D eigenvalue weighted by Crippen LogP contribution is -2.42. The van der Waals surface area contributed by atoms with Crippen molar-refractivity contribution in [3.8, 4) is 11.5 Å². The van der Waals surface area contributed by atoms with Crippen LogP contribution < -0.4 is 14.8 Å². The molecule has 1 saturated heterocycles. The quantitative estimate of drug-likeness (QED) is 0.574. The molecule has 2 atom stereocenters. The summed E-state index contributed by atoms with van der Waals surface area (Å²) in [5.41, 5.74) is -0.574. The van der Waals surface area contributed by atoms with Crippen molar-refractivity contribution in [1.29, 1.82) is 0 Å². The zero-order chi connectivity index (χ0) is 22.0. The first kappa shape index (κ1) is 20.7. The van der Waals surface area contributed by atoms with Crippen molar-refractivity contribution in [3.05, 3.63) is 72.3 Å². The maximum absolute atomic E-state index is 13.0. The second-order valence-electron chi connectivity index (χ2n) is 7.64. The number of hydrogen-bond donors (Lipinski definition) is 2. The van der Waals surface area contributed by atoms with E-state index in [1.165, 1.54) is 0 Å². The Kier molecular flexibility index (Phi) is 5.52. The summed E-state index contributed by atoms with van der Waals surface area (Å²) in [5, 5.41) is 15.2. The molecule has 7 nitrogen and oxygen atoms in total. The summed E-state index contributed by atoms with van der Waals surface area (Å²) < 4.78 is 10.9. The first-order chi connectivity index (χ1) is 14.9. The van der Waals surface area contributed by atoms with E-state index in [2.05, 4.69) is 5.32 Å². The SMILES string of the molecule is COc1ccc([C@]2(C)NC(=O)N(C[C@H](O)COc3cccc4ccccc34)C2=O)cc1. The van der Waals surface area contributed by atoms with Crippen LogP contribution in [-0.2, 0) is 10.3 Å². The number of imide groups is 1. The molecular weight excluding hydrogens is 396 g/mol. The Morgan fingerprint density at radius 1 is 1.03 bits per heavy atom. The van der Waals surface area contributed by atoms with Gasteiger partial charge < -0.3 is 19.9 Å². The number of carbonyl (C=O) groups is 2. The number of rotatable bonds is 7. The van der Waals surface area contributed by atoms with E-state index in [9.17, 15) is 14.7 Å². The van der Waals surface area contributed by atoms with Gasteiger partial charge >= 0.3 is 6.03 Å². The fraction of sp³-hybridized carbons (Fsp3) is 0.250. The number of ether oxygens (including phenoxy) is 2. The lowest BCUT2D eigenvalue weighted by atomic mass is 9.92. The highest BCUT2D eigenvalue weighted by molar-refractivity contribution is 6.07. The highest BCUT2D eigenvalue weighted by atomic mass is 16.5. The van der Waals surface area contributed by atoms with Crippen molar-refractivity contribution in [2.75, 3.05) is 20.3 Å². The van der Waals surface area contributed by atoms with Crippen LogP contribution in [0.2, 0.25) is 0 Å². The molecule has 3 aromatic rings. The van der Waals surface area contributed by atoms with Gasteiger partial charge in [0.25, 0.3) is 5.91 Å². The van der Waals surface area contributed by atoms with E-state index in [1.807, 2.05) is 42.5 Å². The summed E-state index contributed by atoms with van der Waals surface area (Å²) in [6, 6.07) is 19.8. The third-order valence-electron chi connectivity index (χ3n) is 5.52. The third-order valence-corrected chi connectivity index (χ3v) is 5.52. The molecule has 0 aliphatic carbocycles. The molecule has 1 heterocycles. The maximum atomic E-state index is 13.0. The van der Waals surface area contributed by atoms with Crippen molar-refractivity contribution in [1.82, 2.24) is 10.2 Å². The molecule has 1 aliphatic heterocycles. The number of carbonyl (C=O) groups excluding carboxylic acids is 2. The summed E-state index contributed by atoms with van der Waals surface area (Å²) in [5.74, 6) is 0.867. The molecule has 0 unspecified atom stereocenters. The van der Waals surface area contributed by atoms with Gasteiger partial charge in [0, 0.05) is 5.39 Å². The summed E-state index contributed by atoms with van der Waals surface area (Å²) in [6.45, 7) is 1.43. The molecule has 1 fully saturated rings. The summed E-state index contributed by atoms with van der Waals surface area (Å²) >= 11 is 0. The number of methoxy groups -OCH3 is 1. The number of amides is 3. The Labute approximate surface area is 180 Å². The molecule has 0 saturated carbocycles. The molecule has 7 heteroatoms. The predicted octanol–water partition coefficient (Wildman–Crippen LogP) is 3.06. The minimum atomic E-state index is -1.21. The van der Waals surface area contributed by atoms with Crippen LogP contribution in [0.15, 0.2) is 66.7 Å². The molecule has 160 valence electrons. The first-order valence-electron chi connectivity index (χ1n) is 9.99. The molecule has 31 heavy (non-hydrogen) atoms. The number of benzene rings is 3. The Balaban J connectivity index is 1.43. The van der Waals surface area contributed by atoms with E-state index >= 15 is 0 Å². The number of nitrogens with one attached hydrogen (secondary N) is 1. The van der Waals surface area contributed by atoms with Crippen molar-refractivity contribution in [3.63, 3.8) is 0 Å².